The lowest BCUT2D eigenvalue weighted by molar-refractivity contribution is 0.566. The Labute approximate surface area is 102 Å². The highest BCUT2D eigenvalue weighted by molar-refractivity contribution is 5.85. The Bertz CT molecular complexity index is 586. The third kappa shape index (κ3) is 1.20. The van der Waals surface area contributed by atoms with Crippen molar-refractivity contribution in [1.82, 2.24) is 0 Å². The second-order valence-corrected chi connectivity index (χ2v) is 5.00. The SMILES string of the molecule is CCC1(C)c2ccccc2-c2cccc(N)c21. The molecule has 1 atom stereocenters. The molecule has 0 saturated heterocycles. The molecule has 0 fully saturated rings. The van der Waals surface area contributed by atoms with Crippen molar-refractivity contribution < 1.29 is 0 Å². The highest BCUT2D eigenvalue weighted by atomic mass is 14.6. The fraction of sp³-hybridized carbons (Fsp3) is 0.250. The predicted molar refractivity (Wildman–Crippen MR) is 73.0 cm³/mol. The van der Waals surface area contributed by atoms with E-state index in [1.807, 2.05) is 12.1 Å². The zero-order valence-corrected chi connectivity index (χ0v) is 10.3. The van der Waals surface area contributed by atoms with Crippen molar-refractivity contribution in [1.29, 1.82) is 0 Å². The van der Waals surface area contributed by atoms with Crippen LogP contribution in [0.2, 0.25) is 0 Å². The first-order valence-electron chi connectivity index (χ1n) is 6.17. The van der Waals surface area contributed by atoms with Crippen LogP contribution >= 0.6 is 0 Å². The molecular weight excluding hydrogens is 206 g/mol. The van der Waals surface area contributed by atoms with Crippen LogP contribution in [0.25, 0.3) is 11.1 Å². The van der Waals surface area contributed by atoms with Gasteiger partial charge in [0.25, 0.3) is 0 Å². The molecule has 1 aliphatic rings. The van der Waals surface area contributed by atoms with E-state index < -0.39 is 0 Å². The summed E-state index contributed by atoms with van der Waals surface area (Å²) in [6.45, 7) is 4.53. The number of nitrogen functional groups attached to an aromatic ring is 1. The summed E-state index contributed by atoms with van der Waals surface area (Å²) in [5, 5.41) is 0. The average molecular weight is 223 g/mol. The summed E-state index contributed by atoms with van der Waals surface area (Å²) in [4.78, 5) is 0. The Kier molecular flexibility index (Phi) is 2.06. The minimum atomic E-state index is 0.0667. The molecule has 0 aliphatic heterocycles. The topological polar surface area (TPSA) is 26.0 Å². The number of benzene rings is 2. The first-order valence-corrected chi connectivity index (χ1v) is 6.17. The summed E-state index contributed by atoms with van der Waals surface area (Å²) >= 11 is 0. The molecule has 0 heterocycles. The molecule has 1 unspecified atom stereocenters. The van der Waals surface area contributed by atoms with Crippen molar-refractivity contribution in [2.45, 2.75) is 25.7 Å². The number of hydrogen-bond acceptors (Lipinski definition) is 1. The Hall–Kier alpha value is -1.76. The fourth-order valence-corrected chi connectivity index (χ4v) is 3.11. The van der Waals surface area contributed by atoms with Gasteiger partial charge in [-0.15, -0.1) is 0 Å². The second kappa shape index (κ2) is 3.36. The number of rotatable bonds is 1. The van der Waals surface area contributed by atoms with Crippen molar-refractivity contribution in [3.8, 4) is 11.1 Å². The van der Waals surface area contributed by atoms with Crippen molar-refractivity contribution in [2.24, 2.45) is 0 Å². The smallest absolute Gasteiger partial charge is 0.0361 e. The average Bonchev–Trinajstić information content (AvgIpc) is 2.63. The lowest BCUT2D eigenvalue weighted by Gasteiger charge is -2.26. The summed E-state index contributed by atoms with van der Waals surface area (Å²) in [5.41, 5.74) is 12.6. The van der Waals surface area contributed by atoms with Crippen LogP contribution in [0.3, 0.4) is 0 Å². The zero-order chi connectivity index (χ0) is 12.0. The maximum absolute atomic E-state index is 6.20. The van der Waals surface area contributed by atoms with Gasteiger partial charge in [-0.3, -0.25) is 0 Å². The van der Waals surface area contributed by atoms with Crippen LogP contribution in [0.15, 0.2) is 42.5 Å². The fourth-order valence-electron chi connectivity index (χ4n) is 3.11. The second-order valence-electron chi connectivity index (χ2n) is 5.00. The summed E-state index contributed by atoms with van der Waals surface area (Å²) in [5.74, 6) is 0. The molecule has 0 bridgehead atoms. The number of nitrogens with two attached hydrogens (primary N) is 1. The van der Waals surface area contributed by atoms with Gasteiger partial charge in [-0.25, -0.2) is 0 Å². The van der Waals surface area contributed by atoms with Gasteiger partial charge >= 0.3 is 0 Å². The normalized spacial score (nSPS) is 21.1. The van der Waals surface area contributed by atoms with E-state index >= 15 is 0 Å². The molecule has 0 amide bonds. The Morgan fingerprint density at radius 1 is 1.00 bits per heavy atom. The van der Waals surface area contributed by atoms with Crippen LogP contribution in [0.1, 0.15) is 31.4 Å². The maximum Gasteiger partial charge on any atom is 0.0361 e. The number of fused-ring (bicyclic) bond motifs is 3. The molecule has 0 radical (unpaired) electrons. The van der Waals surface area contributed by atoms with E-state index in [1.54, 1.807) is 0 Å². The first-order chi connectivity index (χ1) is 8.18. The van der Waals surface area contributed by atoms with Crippen LogP contribution in [-0.4, -0.2) is 0 Å². The van der Waals surface area contributed by atoms with Crippen molar-refractivity contribution in [3.05, 3.63) is 53.6 Å². The molecule has 2 aromatic carbocycles. The highest BCUT2D eigenvalue weighted by Gasteiger charge is 2.38. The third-order valence-electron chi connectivity index (χ3n) is 4.17. The van der Waals surface area contributed by atoms with Crippen LogP contribution < -0.4 is 5.73 Å². The van der Waals surface area contributed by atoms with E-state index in [1.165, 1.54) is 22.3 Å². The van der Waals surface area contributed by atoms with Gasteiger partial charge in [-0.2, -0.15) is 0 Å². The number of hydrogen-bond donors (Lipinski definition) is 1. The Morgan fingerprint density at radius 2 is 1.71 bits per heavy atom. The van der Waals surface area contributed by atoms with Crippen LogP contribution in [0.4, 0.5) is 5.69 Å². The summed E-state index contributed by atoms with van der Waals surface area (Å²) < 4.78 is 0. The third-order valence-corrected chi connectivity index (χ3v) is 4.17. The van der Waals surface area contributed by atoms with Gasteiger partial charge in [0, 0.05) is 11.1 Å². The molecule has 17 heavy (non-hydrogen) atoms. The molecule has 2 aromatic rings. The molecule has 0 saturated carbocycles. The minimum Gasteiger partial charge on any atom is -0.398 e. The molecule has 1 nitrogen and oxygen atoms in total. The van der Waals surface area contributed by atoms with Crippen LogP contribution in [0, 0.1) is 0 Å². The maximum atomic E-state index is 6.20. The predicted octanol–water partition coefficient (Wildman–Crippen LogP) is 3.97. The summed E-state index contributed by atoms with van der Waals surface area (Å²) in [6.07, 6.45) is 1.07. The minimum absolute atomic E-state index is 0.0667. The van der Waals surface area contributed by atoms with Gasteiger partial charge in [0.1, 0.15) is 0 Å². The lowest BCUT2D eigenvalue weighted by atomic mass is 9.77. The summed E-state index contributed by atoms with van der Waals surface area (Å²) in [6, 6.07) is 14.9. The van der Waals surface area contributed by atoms with E-state index in [9.17, 15) is 0 Å². The molecule has 1 aliphatic carbocycles. The molecular formula is C16H17N. The first kappa shape index (κ1) is 10.4. The van der Waals surface area contributed by atoms with E-state index in [0.29, 0.717) is 0 Å². The lowest BCUT2D eigenvalue weighted by Crippen LogP contribution is -2.20. The largest absolute Gasteiger partial charge is 0.398 e. The molecule has 2 N–H and O–H groups in total. The van der Waals surface area contributed by atoms with Crippen LogP contribution in [-0.2, 0) is 5.41 Å². The van der Waals surface area contributed by atoms with E-state index in [2.05, 4.69) is 44.2 Å². The highest BCUT2D eigenvalue weighted by Crippen LogP contribution is 2.52. The van der Waals surface area contributed by atoms with E-state index in [0.717, 1.165) is 12.1 Å². The standard InChI is InChI=1S/C16H17N/c1-3-16(2)13-9-5-4-7-11(13)12-8-6-10-14(17)15(12)16/h4-10H,3,17H2,1-2H3. The summed E-state index contributed by atoms with van der Waals surface area (Å²) in [7, 11) is 0. The van der Waals surface area contributed by atoms with Crippen molar-refractivity contribution >= 4 is 5.69 Å². The Balaban J connectivity index is 2.42. The molecule has 86 valence electrons. The van der Waals surface area contributed by atoms with Gasteiger partial charge in [0.05, 0.1) is 0 Å². The zero-order valence-electron chi connectivity index (χ0n) is 10.3. The van der Waals surface area contributed by atoms with Crippen LogP contribution in [0.5, 0.6) is 0 Å². The Morgan fingerprint density at radius 3 is 2.47 bits per heavy atom. The van der Waals surface area contributed by atoms with Gasteiger partial charge in [-0.05, 0) is 34.7 Å². The molecule has 0 spiro atoms. The van der Waals surface area contributed by atoms with Crippen molar-refractivity contribution in [3.63, 3.8) is 0 Å². The molecule has 3 rings (SSSR count). The van der Waals surface area contributed by atoms with Gasteiger partial charge in [0.2, 0.25) is 0 Å². The number of anilines is 1. The van der Waals surface area contributed by atoms with Gasteiger partial charge < -0.3 is 5.73 Å². The van der Waals surface area contributed by atoms with Gasteiger partial charge in [-0.1, -0.05) is 50.2 Å². The van der Waals surface area contributed by atoms with E-state index in [4.69, 9.17) is 5.73 Å². The monoisotopic (exact) mass is 223 g/mol. The molecule has 1 heteroatoms. The van der Waals surface area contributed by atoms with E-state index in [-0.39, 0.29) is 5.41 Å². The molecule has 0 aromatic heterocycles. The van der Waals surface area contributed by atoms with Gasteiger partial charge in [0.15, 0.2) is 0 Å². The van der Waals surface area contributed by atoms with Crippen molar-refractivity contribution in [2.75, 3.05) is 5.73 Å². The quantitative estimate of drug-likeness (QED) is 0.727.